The van der Waals surface area contributed by atoms with Gasteiger partial charge in [0.05, 0.1) is 18.1 Å². The maximum Gasteiger partial charge on any atom is 0.147 e. The third-order valence-corrected chi connectivity index (χ3v) is 4.96. The highest BCUT2D eigenvalue weighted by Crippen LogP contribution is 2.29. The topological polar surface area (TPSA) is 28.6 Å². The van der Waals surface area contributed by atoms with Gasteiger partial charge in [0.1, 0.15) is 11.5 Å². The first kappa shape index (κ1) is 15.7. The Morgan fingerprint density at radius 1 is 0.958 bits per heavy atom. The van der Waals surface area contributed by atoms with E-state index in [9.17, 15) is 0 Å². The maximum absolute atomic E-state index is 5.92. The predicted molar refractivity (Wildman–Crippen MR) is 97.2 cm³/mol. The molecule has 126 valence electrons. The Kier molecular flexibility index (Phi) is 4.58. The molecule has 1 aromatic heterocycles. The molecule has 5 heteroatoms. The fourth-order valence-electron chi connectivity index (χ4n) is 3.28. The first-order chi connectivity index (χ1) is 11.8. The van der Waals surface area contributed by atoms with Crippen LogP contribution in [0.5, 0.6) is 11.5 Å². The summed E-state index contributed by atoms with van der Waals surface area (Å²) in [5, 5.41) is 0.707. The molecule has 1 aliphatic heterocycles. The number of anilines is 1. The average molecular weight is 344 g/mol. The van der Waals surface area contributed by atoms with Crippen molar-refractivity contribution in [2.24, 2.45) is 0 Å². The van der Waals surface area contributed by atoms with E-state index in [4.69, 9.17) is 16.3 Å². The molecule has 0 bridgehead atoms. The molecule has 0 spiro atoms. The molecule has 0 radical (unpaired) electrons. The van der Waals surface area contributed by atoms with Gasteiger partial charge in [-0.05, 0) is 43.5 Å². The van der Waals surface area contributed by atoms with E-state index in [1.54, 1.807) is 6.20 Å². The van der Waals surface area contributed by atoms with Crippen LogP contribution in [-0.2, 0) is 0 Å². The molecule has 1 saturated heterocycles. The average Bonchev–Trinajstić information content (AvgIpc) is 3.43. The van der Waals surface area contributed by atoms with Gasteiger partial charge in [-0.15, -0.1) is 0 Å². The Morgan fingerprint density at radius 3 is 2.58 bits per heavy atom. The van der Waals surface area contributed by atoms with Crippen molar-refractivity contribution in [3.8, 4) is 11.5 Å². The molecule has 4 rings (SSSR count). The molecule has 2 aromatic rings. The molecule has 0 amide bonds. The number of rotatable bonds is 4. The van der Waals surface area contributed by atoms with Gasteiger partial charge in [0.15, 0.2) is 0 Å². The van der Waals surface area contributed by atoms with Gasteiger partial charge in [0, 0.05) is 43.3 Å². The highest BCUT2D eigenvalue weighted by molar-refractivity contribution is 6.30. The Morgan fingerprint density at radius 2 is 1.79 bits per heavy atom. The molecule has 24 heavy (non-hydrogen) atoms. The lowest BCUT2D eigenvalue weighted by molar-refractivity contribution is 0.283. The predicted octanol–water partition coefficient (Wildman–Crippen LogP) is 4.20. The van der Waals surface area contributed by atoms with Crippen LogP contribution >= 0.6 is 11.6 Å². The zero-order chi connectivity index (χ0) is 16.4. The zero-order valence-corrected chi connectivity index (χ0v) is 14.5. The molecule has 0 unspecified atom stereocenters. The van der Waals surface area contributed by atoms with Crippen LogP contribution in [0.2, 0.25) is 5.02 Å². The summed E-state index contributed by atoms with van der Waals surface area (Å²) in [6.07, 6.45) is 7.66. The number of hydrogen-bond donors (Lipinski definition) is 0. The number of halogens is 1. The summed E-state index contributed by atoms with van der Waals surface area (Å²) in [7, 11) is 0. The lowest BCUT2D eigenvalue weighted by Gasteiger charge is -2.23. The van der Waals surface area contributed by atoms with Crippen molar-refractivity contribution in [2.75, 3.05) is 31.1 Å². The summed E-state index contributed by atoms with van der Waals surface area (Å²) in [6, 6.07) is 10.3. The molecule has 4 nitrogen and oxygen atoms in total. The van der Waals surface area contributed by atoms with Gasteiger partial charge in [0.2, 0.25) is 0 Å². The molecule has 1 aromatic carbocycles. The van der Waals surface area contributed by atoms with E-state index >= 15 is 0 Å². The van der Waals surface area contributed by atoms with Crippen LogP contribution in [-0.4, -0.2) is 42.1 Å². The highest BCUT2D eigenvalue weighted by atomic mass is 35.5. The summed E-state index contributed by atoms with van der Waals surface area (Å²) in [6.45, 7) is 4.50. The van der Waals surface area contributed by atoms with E-state index in [1.165, 1.54) is 25.8 Å². The van der Waals surface area contributed by atoms with Crippen molar-refractivity contribution in [1.82, 2.24) is 9.88 Å². The molecule has 2 fully saturated rings. The number of benzene rings is 1. The molecule has 1 aliphatic carbocycles. The maximum atomic E-state index is 5.92. The van der Waals surface area contributed by atoms with E-state index in [0.717, 1.165) is 42.9 Å². The monoisotopic (exact) mass is 343 g/mol. The van der Waals surface area contributed by atoms with Crippen molar-refractivity contribution >= 4 is 17.3 Å². The second-order valence-corrected chi connectivity index (χ2v) is 6.98. The number of nitrogens with zero attached hydrogens (tertiary/aromatic N) is 3. The standard InChI is InChI=1S/C19H22ClN3O/c20-15-2-6-18(7-3-15)24-19-12-17(13-21-14-19)23-9-1-8-22(10-11-23)16-4-5-16/h2-3,6-7,12-14,16H,1,4-5,8-11H2. The lowest BCUT2D eigenvalue weighted by atomic mass is 10.3. The molecule has 0 atom stereocenters. The van der Waals surface area contributed by atoms with Crippen LogP contribution in [0.25, 0.3) is 0 Å². The summed E-state index contributed by atoms with van der Waals surface area (Å²) in [5.41, 5.74) is 1.14. The molecule has 1 saturated carbocycles. The normalized spacial score (nSPS) is 19.1. The first-order valence-electron chi connectivity index (χ1n) is 8.65. The van der Waals surface area contributed by atoms with Gasteiger partial charge in [-0.25, -0.2) is 0 Å². The summed E-state index contributed by atoms with van der Waals surface area (Å²) in [5.74, 6) is 1.53. The van der Waals surface area contributed by atoms with E-state index in [-0.39, 0.29) is 0 Å². The number of aromatic nitrogens is 1. The van der Waals surface area contributed by atoms with Crippen LogP contribution in [0.15, 0.2) is 42.7 Å². The van der Waals surface area contributed by atoms with Crippen LogP contribution < -0.4 is 9.64 Å². The third-order valence-electron chi connectivity index (χ3n) is 4.71. The Balaban J connectivity index is 1.44. The number of pyridine rings is 1. The fourth-order valence-corrected chi connectivity index (χ4v) is 3.40. The molecular formula is C19H22ClN3O. The van der Waals surface area contributed by atoms with E-state index < -0.39 is 0 Å². The van der Waals surface area contributed by atoms with Gasteiger partial charge >= 0.3 is 0 Å². The van der Waals surface area contributed by atoms with Crippen molar-refractivity contribution in [3.05, 3.63) is 47.7 Å². The van der Waals surface area contributed by atoms with Gasteiger partial charge < -0.3 is 9.64 Å². The molecule has 2 heterocycles. The van der Waals surface area contributed by atoms with E-state index in [0.29, 0.717) is 5.02 Å². The summed E-state index contributed by atoms with van der Waals surface area (Å²) in [4.78, 5) is 9.43. The second kappa shape index (κ2) is 6.99. The minimum Gasteiger partial charge on any atom is -0.456 e. The molecular weight excluding hydrogens is 322 g/mol. The Hall–Kier alpha value is -1.78. The van der Waals surface area contributed by atoms with Gasteiger partial charge in [0.25, 0.3) is 0 Å². The van der Waals surface area contributed by atoms with Crippen LogP contribution in [0.3, 0.4) is 0 Å². The van der Waals surface area contributed by atoms with Crippen LogP contribution in [0.1, 0.15) is 19.3 Å². The Labute approximate surface area is 148 Å². The second-order valence-electron chi connectivity index (χ2n) is 6.54. The highest BCUT2D eigenvalue weighted by Gasteiger charge is 2.30. The third kappa shape index (κ3) is 3.82. The van der Waals surface area contributed by atoms with Gasteiger partial charge in [-0.2, -0.15) is 0 Å². The quantitative estimate of drug-likeness (QED) is 0.831. The van der Waals surface area contributed by atoms with E-state index in [2.05, 4.69) is 20.9 Å². The first-order valence-corrected chi connectivity index (χ1v) is 9.03. The fraction of sp³-hybridized carbons (Fsp3) is 0.421. The minimum absolute atomic E-state index is 0.707. The van der Waals surface area contributed by atoms with Gasteiger partial charge in [-0.1, -0.05) is 11.6 Å². The smallest absolute Gasteiger partial charge is 0.147 e. The largest absolute Gasteiger partial charge is 0.456 e. The van der Waals surface area contributed by atoms with Crippen molar-refractivity contribution in [3.63, 3.8) is 0 Å². The van der Waals surface area contributed by atoms with Crippen LogP contribution in [0, 0.1) is 0 Å². The van der Waals surface area contributed by atoms with Crippen molar-refractivity contribution in [2.45, 2.75) is 25.3 Å². The Bertz CT molecular complexity index is 687. The minimum atomic E-state index is 0.707. The molecule has 0 N–H and O–H groups in total. The van der Waals surface area contributed by atoms with Crippen molar-refractivity contribution in [1.29, 1.82) is 0 Å². The SMILES string of the molecule is Clc1ccc(Oc2cncc(N3CCCN(C4CC4)CC3)c2)cc1. The zero-order valence-electron chi connectivity index (χ0n) is 13.7. The lowest BCUT2D eigenvalue weighted by Crippen LogP contribution is -2.32. The number of hydrogen-bond acceptors (Lipinski definition) is 4. The van der Waals surface area contributed by atoms with Gasteiger partial charge in [-0.3, -0.25) is 9.88 Å². The number of ether oxygens (including phenoxy) is 1. The van der Waals surface area contributed by atoms with Crippen molar-refractivity contribution < 1.29 is 4.74 Å². The van der Waals surface area contributed by atoms with E-state index in [1.807, 2.05) is 30.5 Å². The summed E-state index contributed by atoms with van der Waals surface area (Å²) >= 11 is 5.92. The summed E-state index contributed by atoms with van der Waals surface area (Å²) < 4.78 is 5.91. The van der Waals surface area contributed by atoms with Crippen LogP contribution in [0.4, 0.5) is 5.69 Å². The molecule has 2 aliphatic rings.